The van der Waals surface area contributed by atoms with Gasteiger partial charge in [-0.05, 0) is 140 Å². The van der Waals surface area contributed by atoms with Gasteiger partial charge in [-0.2, -0.15) is 0 Å². The summed E-state index contributed by atoms with van der Waals surface area (Å²) in [6.45, 7) is 10.7. The number of piperidine rings is 3. The molecule has 3 aliphatic rings. The van der Waals surface area contributed by atoms with Crippen molar-refractivity contribution in [1.82, 2.24) is 16.0 Å². The van der Waals surface area contributed by atoms with Crippen LogP contribution in [0.15, 0.2) is 158 Å². The summed E-state index contributed by atoms with van der Waals surface area (Å²) in [5, 5.41) is 11.9. The van der Waals surface area contributed by atoms with E-state index in [9.17, 15) is 14.4 Å². The van der Waals surface area contributed by atoms with Gasteiger partial charge in [0.05, 0.1) is 33.9 Å². The first-order valence-electron chi connectivity index (χ1n) is 29.5. The van der Waals surface area contributed by atoms with Crippen molar-refractivity contribution in [1.29, 1.82) is 0 Å². The van der Waals surface area contributed by atoms with Gasteiger partial charge < -0.3 is 53.8 Å². The van der Waals surface area contributed by atoms with Gasteiger partial charge in [0.1, 0.15) is 45.7 Å². The van der Waals surface area contributed by atoms with Gasteiger partial charge in [-0.3, -0.25) is 4.79 Å². The molecule has 1 atom stereocenters. The Labute approximate surface area is 493 Å². The lowest BCUT2D eigenvalue weighted by Crippen LogP contribution is -2.43. The van der Waals surface area contributed by atoms with E-state index < -0.39 is 34.8 Å². The number of nitrogens with one attached hydrogen (secondary N) is 3. The smallest absolute Gasteiger partial charge is 0.343 e. The van der Waals surface area contributed by atoms with E-state index in [1.54, 1.807) is 20.3 Å². The lowest BCUT2D eigenvalue weighted by atomic mass is 9.83. The van der Waals surface area contributed by atoms with Crippen molar-refractivity contribution in [3.63, 3.8) is 0 Å². The number of hydrogen-bond donors (Lipinski definition) is 3. The minimum atomic E-state index is -0.928. The average molecular weight is 1140 g/mol. The molecule has 0 aromatic heterocycles. The highest BCUT2D eigenvalue weighted by molar-refractivity contribution is 6.07. The van der Waals surface area contributed by atoms with Crippen LogP contribution in [-0.2, 0) is 53.4 Å². The van der Waals surface area contributed by atoms with Crippen LogP contribution in [0.5, 0.6) is 28.7 Å². The molecule has 1 unspecified atom stereocenters. The van der Waals surface area contributed by atoms with E-state index in [4.69, 9.17) is 37.9 Å². The summed E-state index contributed by atoms with van der Waals surface area (Å²) >= 11 is 0. The highest BCUT2D eigenvalue weighted by atomic mass is 16.6. The molecule has 0 aliphatic carbocycles. The number of hydrogen-bond acceptors (Lipinski definition) is 14. The van der Waals surface area contributed by atoms with Crippen LogP contribution in [0.1, 0.15) is 115 Å². The van der Waals surface area contributed by atoms with Crippen LogP contribution in [0.2, 0.25) is 0 Å². The molecule has 3 saturated heterocycles. The molecule has 3 N–H and O–H groups in total. The van der Waals surface area contributed by atoms with Crippen molar-refractivity contribution in [2.24, 2.45) is 0 Å². The van der Waals surface area contributed by atoms with Gasteiger partial charge in [0.15, 0.2) is 11.5 Å². The van der Waals surface area contributed by atoms with E-state index in [-0.39, 0.29) is 19.0 Å². The average Bonchev–Trinajstić information content (AvgIpc) is 2.25. The van der Waals surface area contributed by atoms with Crippen molar-refractivity contribution >= 4 is 34.3 Å². The number of ether oxygens (including phenoxy) is 8. The predicted molar refractivity (Wildman–Crippen MR) is 325 cm³/mol. The number of rotatable bonds is 22. The van der Waals surface area contributed by atoms with Crippen molar-refractivity contribution in [3.05, 3.63) is 202 Å². The summed E-state index contributed by atoms with van der Waals surface area (Å²) in [6.07, 6.45) is 5.47. The first-order chi connectivity index (χ1) is 40.9. The molecule has 10 rings (SSSR count). The third kappa shape index (κ3) is 13.6. The molecule has 0 saturated carbocycles. The number of carbonyl (C=O) groups excluding carboxylic acids is 3. The Kier molecular flexibility index (Phi) is 19.0. The van der Waals surface area contributed by atoms with E-state index in [1.807, 2.05) is 160 Å². The Morgan fingerprint density at radius 1 is 0.560 bits per heavy atom. The second-order valence-corrected chi connectivity index (χ2v) is 22.0. The van der Waals surface area contributed by atoms with Gasteiger partial charge >= 0.3 is 17.9 Å². The fourth-order valence-electron chi connectivity index (χ4n) is 12.0. The summed E-state index contributed by atoms with van der Waals surface area (Å²) in [7, 11) is 3.19. The molecule has 0 bridgehead atoms. The third-order valence-corrected chi connectivity index (χ3v) is 16.7. The van der Waals surface area contributed by atoms with Crippen LogP contribution in [0, 0.1) is 0 Å². The van der Waals surface area contributed by atoms with Crippen molar-refractivity contribution in [2.45, 2.75) is 95.0 Å². The molecule has 14 nitrogen and oxygen atoms in total. The maximum absolute atomic E-state index is 15.0. The van der Waals surface area contributed by atoms with Crippen LogP contribution in [0.3, 0.4) is 0 Å². The molecule has 3 aliphatic heterocycles. The SMILES string of the molecule is CCOc1ccc(CC(=O)OC2(c3ccccc3)CCNCC2)cc1OC(C)c1ccc(C2(OC(=O)c3c(OCCc4cccc(C5(OC(=O)/C=C(\C)c6ccc(OC)cc6OC)CCNCC5)c4)ccc4ccccc34)CCNCC2)cc1. The van der Waals surface area contributed by atoms with Crippen molar-refractivity contribution < 1.29 is 52.3 Å². The number of carbonyl (C=O) groups is 3. The summed E-state index contributed by atoms with van der Waals surface area (Å²) in [5.41, 5.74) is 4.89. The minimum absolute atomic E-state index is 0.0779. The van der Waals surface area contributed by atoms with Crippen LogP contribution in [0.25, 0.3) is 16.3 Å². The predicted octanol–water partition coefficient (Wildman–Crippen LogP) is 12.0. The minimum Gasteiger partial charge on any atom is -0.497 e. The van der Waals surface area contributed by atoms with Gasteiger partial charge in [0.25, 0.3) is 0 Å². The molecule has 7 aromatic carbocycles. The third-order valence-electron chi connectivity index (χ3n) is 16.7. The second kappa shape index (κ2) is 27.0. The van der Waals surface area contributed by atoms with Gasteiger partial charge in [0, 0.05) is 62.7 Å². The normalized spacial score (nSPS) is 16.8. The zero-order chi connectivity index (χ0) is 58.5. The molecule has 84 heavy (non-hydrogen) atoms. The van der Waals surface area contributed by atoms with Crippen molar-refractivity contribution in [3.8, 4) is 28.7 Å². The number of esters is 3. The van der Waals surface area contributed by atoms with E-state index in [0.29, 0.717) is 118 Å². The fourth-order valence-corrected chi connectivity index (χ4v) is 12.0. The van der Waals surface area contributed by atoms with E-state index in [1.165, 1.54) is 6.08 Å². The molecule has 3 fully saturated rings. The molecular weight excluding hydrogens is 1060 g/mol. The molecule has 7 aromatic rings. The standard InChI is InChI=1S/C70H77N3O11/c1-6-79-60-27-19-51(46-65(75)83-68(30-36-71-37-31-68)54-15-8-7-9-16-54)45-63(60)81-49(3)52-20-23-55(24-21-52)69(32-38-72-39-33-69)84-67(76)66-59-18-11-10-14-53(59)22-28-61(66)80-42-29-50-13-12-17-56(44-50)70(34-40-73-41-35-70)82-64(74)43-48(2)58-26-25-57(77-4)47-62(58)78-5/h7-28,43-45,47,49,71-73H,6,29-42,46H2,1-5H3/b48-43+. The Morgan fingerprint density at radius 3 is 1.87 bits per heavy atom. The molecule has 14 heteroatoms. The largest absolute Gasteiger partial charge is 0.497 e. The van der Waals surface area contributed by atoms with Gasteiger partial charge in [-0.1, -0.05) is 115 Å². The Bertz CT molecular complexity index is 3430. The summed E-state index contributed by atoms with van der Waals surface area (Å²) in [4.78, 5) is 42.5. The van der Waals surface area contributed by atoms with Gasteiger partial charge in [0.2, 0.25) is 0 Å². The first-order valence-corrected chi connectivity index (χ1v) is 29.5. The zero-order valence-corrected chi connectivity index (χ0v) is 48.9. The summed E-state index contributed by atoms with van der Waals surface area (Å²) in [5.74, 6) is 1.60. The van der Waals surface area contributed by atoms with Crippen LogP contribution >= 0.6 is 0 Å². The molecule has 0 spiro atoms. The second-order valence-electron chi connectivity index (χ2n) is 22.0. The summed E-state index contributed by atoms with van der Waals surface area (Å²) in [6, 6.07) is 49.1. The van der Waals surface area contributed by atoms with Gasteiger partial charge in [-0.25, -0.2) is 9.59 Å². The number of allylic oxidation sites excluding steroid dienone is 1. The maximum Gasteiger partial charge on any atom is 0.343 e. The number of fused-ring (bicyclic) bond motifs is 1. The van der Waals surface area contributed by atoms with Crippen LogP contribution in [-0.4, -0.2) is 84.6 Å². The van der Waals surface area contributed by atoms with E-state index >= 15 is 0 Å². The first kappa shape index (κ1) is 59.0. The molecule has 438 valence electrons. The lowest BCUT2D eigenvalue weighted by Gasteiger charge is -2.38. The fraction of sp³-hybridized carbons (Fsp3) is 0.357. The highest BCUT2D eigenvalue weighted by Crippen LogP contribution is 2.42. The highest BCUT2D eigenvalue weighted by Gasteiger charge is 2.41. The van der Waals surface area contributed by atoms with Gasteiger partial charge in [-0.15, -0.1) is 0 Å². The van der Waals surface area contributed by atoms with E-state index in [0.717, 1.165) is 62.8 Å². The number of methoxy groups -OCH3 is 2. The summed E-state index contributed by atoms with van der Waals surface area (Å²) < 4.78 is 49.9. The van der Waals surface area contributed by atoms with Crippen molar-refractivity contribution in [2.75, 3.05) is 66.7 Å². The molecule has 0 radical (unpaired) electrons. The Morgan fingerprint density at radius 2 is 1.19 bits per heavy atom. The zero-order valence-electron chi connectivity index (χ0n) is 48.9. The lowest BCUT2D eigenvalue weighted by molar-refractivity contribution is -0.163. The molecule has 0 amide bonds. The quantitative estimate of drug-likeness (QED) is 0.0334. The molecule has 3 heterocycles. The molecular formula is C70H77N3O11. The Balaban J connectivity index is 0.828. The van der Waals surface area contributed by atoms with Crippen LogP contribution < -0.4 is 39.6 Å². The van der Waals surface area contributed by atoms with E-state index in [2.05, 4.69) is 22.0 Å². The van der Waals surface area contributed by atoms with Crippen LogP contribution in [0.4, 0.5) is 0 Å². The maximum atomic E-state index is 15.0. The monoisotopic (exact) mass is 1140 g/mol. The topological polar surface area (TPSA) is 161 Å². The Hall–Kier alpha value is -8.17. The number of benzene rings is 7.